The standard InChI is InChI=1S/C22H30N4O3/c1-16(27)23-15-22(18-7-5-4-6-8-18)11-9-19(20(28)10-12-22)26(3)21(29)17-13-24-25(2)14-17/h4-8,13-14,19-20,28H,9-12,15H2,1-3H3,(H,23,27)/t19-,20-,22-/m1/s1. The quantitative estimate of drug-likeness (QED) is 0.753. The summed E-state index contributed by atoms with van der Waals surface area (Å²) in [5.74, 6) is -0.207. The van der Waals surface area contributed by atoms with Crippen molar-refractivity contribution in [1.82, 2.24) is 20.0 Å². The van der Waals surface area contributed by atoms with Crippen LogP contribution in [0.15, 0.2) is 42.7 Å². The van der Waals surface area contributed by atoms with Crippen LogP contribution in [0.1, 0.15) is 48.5 Å². The summed E-state index contributed by atoms with van der Waals surface area (Å²) in [5, 5.41) is 17.9. The molecule has 1 aliphatic rings. The first-order chi connectivity index (χ1) is 13.8. The summed E-state index contributed by atoms with van der Waals surface area (Å²) in [6.45, 7) is 2.04. The lowest BCUT2D eigenvalue weighted by Crippen LogP contribution is -2.44. The molecule has 2 N–H and O–H groups in total. The number of aliphatic hydroxyl groups is 1. The van der Waals surface area contributed by atoms with Crippen LogP contribution >= 0.6 is 0 Å². The van der Waals surface area contributed by atoms with E-state index in [0.29, 0.717) is 24.9 Å². The zero-order valence-corrected chi connectivity index (χ0v) is 17.3. The molecule has 1 fully saturated rings. The van der Waals surface area contributed by atoms with Gasteiger partial charge in [0, 0.05) is 39.2 Å². The van der Waals surface area contributed by atoms with E-state index >= 15 is 0 Å². The molecule has 1 aromatic heterocycles. The molecule has 0 spiro atoms. The van der Waals surface area contributed by atoms with Crippen LogP contribution in [0.2, 0.25) is 0 Å². The number of benzene rings is 1. The Morgan fingerprint density at radius 2 is 1.97 bits per heavy atom. The Balaban J connectivity index is 1.82. The molecule has 29 heavy (non-hydrogen) atoms. The first-order valence-electron chi connectivity index (χ1n) is 10.1. The van der Waals surface area contributed by atoms with Gasteiger partial charge < -0.3 is 15.3 Å². The van der Waals surface area contributed by atoms with Crippen LogP contribution < -0.4 is 5.32 Å². The molecule has 2 amide bonds. The lowest BCUT2D eigenvalue weighted by Gasteiger charge is -2.34. The van der Waals surface area contributed by atoms with Gasteiger partial charge in [-0.05, 0) is 31.2 Å². The summed E-state index contributed by atoms with van der Waals surface area (Å²) in [4.78, 5) is 26.1. The number of carbonyl (C=O) groups excluding carboxylic acids is 2. The van der Waals surface area contributed by atoms with E-state index in [2.05, 4.69) is 22.5 Å². The molecule has 0 saturated heterocycles. The molecule has 0 bridgehead atoms. The normalized spacial score (nSPS) is 24.6. The fourth-order valence-electron chi connectivity index (χ4n) is 4.35. The Morgan fingerprint density at radius 1 is 1.28 bits per heavy atom. The molecular weight excluding hydrogens is 368 g/mol. The number of hydrogen-bond acceptors (Lipinski definition) is 4. The highest BCUT2D eigenvalue weighted by Crippen LogP contribution is 2.39. The predicted octanol–water partition coefficient (Wildman–Crippen LogP) is 1.87. The molecule has 7 heteroatoms. The van der Waals surface area contributed by atoms with Gasteiger partial charge in [0.1, 0.15) is 0 Å². The number of aromatic nitrogens is 2. The van der Waals surface area contributed by atoms with E-state index in [4.69, 9.17) is 0 Å². The summed E-state index contributed by atoms with van der Waals surface area (Å²) in [7, 11) is 3.51. The number of hydrogen-bond donors (Lipinski definition) is 2. The molecule has 3 rings (SSSR count). The first kappa shape index (κ1) is 21.0. The number of amides is 2. The van der Waals surface area contributed by atoms with Gasteiger partial charge in [-0.2, -0.15) is 5.10 Å². The minimum atomic E-state index is -0.622. The first-order valence-corrected chi connectivity index (χ1v) is 10.1. The fourth-order valence-corrected chi connectivity index (χ4v) is 4.35. The van der Waals surface area contributed by atoms with Crippen molar-refractivity contribution in [2.75, 3.05) is 13.6 Å². The van der Waals surface area contributed by atoms with E-state index in [1.807, 2.05) is 18.2 Å². The number of aryl methyl sites for hydroxylation is 1. The third-order valence-corrected chi connectivity index (χ3v) is 6.11. The number of likely N-dealkylation sites (N-methyl/N-ethyl adjacent to an activating group) is 1. The summed E-state index contributed by atoms with van der Waals surface area (Å²) in [5.41, 5.74) is 1.41. The lowest BCUT2D eigenvalue weighted by atomic mass is 9.74. The van der Waals surface area contributed by atoms with Gasteiger partial charge in [-0.3, -0.25) is 14.3 Å². The summed E-state index contributed by atoms with van der Waals surface area (Å²) < 4.78 is 1.60. The van der Waals surface area contributed by atoms with Crippen LogP contribution in [0.4, 0.5) is 0 Å². The van der Waals surface area contributed by atoms with Crippen molar-refractivity contribution in [3.63, 3.8) is 0 Å². The van der Waals surface area contributed by atoms with E-state index in [1.54, 1.807) is 36.1 Å². The SMILES string of the molecule is CC(=O)NC[C@]1(c2ccccc2)CC[C@@H](O)[C@H](N(C)C(=O)c2cnn(C)c2)CC1. The van der Waals surface area contributed by atoms with Crippen molar-refractivity contribution in [1.29, 1.82) is 0 Å². The van der Waals surface area contributed by atoms with Crippen LogP contribution in [0.25, 0.3) is 0 Å². The van der Waals surface area contributed by atoms with E-state index in [-0.39, 0.29) is 23.3 Å². The van der Waals surface area contributed by atoms with Crippen molar-refractivity contribution in [2.24, 2.45) is 7.05 Å². The fraction of sp³-hybridized carbons (Fsp3) is 0.500. The van der Waals surface area contributed by atoms with Crippen LogP contribution in [0, 0.1) is 0 Å². The number of carbonyl (C=O) groups is 2. The number of nitrogens with one attached hydrogen (secondary N) is 1. The van der Waals surface area contributed by atoms with Gasteiger partial charge in [0.15, 0.2) is 0 Å². The largest absolute Gasteiger partial charge is 0.391 e. The third kappa shape index (κ3) is 4.67. The maximum absolute atomic E-state index is 12.9. The maximum Gasteiger partial charge on any atom is 0.257 e. The Bertz CT molecular complexity index is 851. The summed E-state index contributed by atoms with van der Waals surface area (Å²) in [6, 6.07) is 9.86. The van der Waals surface area contributed by atoms with Gasteiger partial charge in [0.2, 0.25) is 5.91 Å². The predicted molar refractivity (Wildman–Crippen MR) is 110 cm³/mol. The molecule has 7 nitrogen and oxygen atoms in total. The van der Waals surface area contributed by atoms with Crippen LogP contribution in [-0.4, -0.2) is 57.3 Å². The number of nitrogens with zero attached hydrogens (tertiary/aromatic N) is 3. The monoisotopic (exact) mass is 398 g/mol. The van der Waals surface area contributed by atoms with E-state index in [9.17, 15) is 14.7 Å². The molecule has 1 heterocycles. The van der Waals surface area contributed by atoms with Crippen LogP contribution in [0.3, 0.4) is 0 Å². The second kappa shape index (κ2) is 8.78. The van der Waals surface area contributed by atoms with Gasteiger partial charge in [0.25, 0.3) is 5.91 Å². The summed E-state index contributed by atoms with van der Waals surface area (Å²) in [6.07, 6.45) is 5.33. The van der Waals surface area contributed by atoms with Gasteiger partial charge in [-0.1, -0.05) is 30.3 Å². The van der Waals surface area contributed by atoms with Crippen molar-refractivity contribution in [2.45, 2.75) is 50.2 Å². The molecule has 3 atom stereocenters. The summed E-state index contributed by atoms with van der Waals surface area (Å²) >= 11 is 0. The number of aliphatic hydroxyl groups excluding tert-OH is 1. The van der Waals surface area contributed by atoms with Gasteiger partial charge in [0.05, 0.1) is 23.9 Å². The van der Waals surface area contributed by atoms with Crippen LogP contribution in [-0.2, 0) is 17.3 Å². The van der Waals surface area contributed by atoms with Gasteiger partial charge >= 0.3 is 0 Å². The molecule has 0 unspecified atom stereocenters. The van der Waals surface area contributed by atoms with E-state index in [1.165, 1.54) is 6.92 Å². The average Bonchev–Trinajstić information content (AvgIpc) is 3.07. The highest BCUT2D eigenvalue weighted by Gasteiger charge is 2.40. The van der Waals surface area contributed by atoms with E-state index in [0.717, 1.165) is 18.4 Å². The third-order valence-electron chi connectivity index (χ3n) is 6.11. The molecule has 0 aliphatic heterocycles. The topological polar surface area (TPSA) is 87.5 Å². The zero-order valence-electron chi connectivity index (χ0n) is 17.3. The van der Waals surface area contributed by atoms with Crippen molar-refractivity contribution < 1.29 is 14.7 Å². The molecule has 0 radical (unpaired) electrons. The molecule has 1 saturated carbocycles. The maximum atomic E-state index is 12.9. The van der Waals surface area contributed by atoms with E-state index < -0.39 is 6.10 Å². The van der Waals surface area contributed by atoms with Gasteiger partial charge in [-0.25, -0.2) is 0 Å². The average molecular weight is 399 g/mol. The van der Waals surface area contributed by atoms with Gasteiger partial charge in [-0.15, -0.1) is 0 Å². The van der Waals surface area contributed by atoms with Crippen molar-refractivity contribution >= 4 is 11.8 Å². The highest BCUT2D eigenvalue weighted by atomic mass is 16.3. The molecule has 1 aromatic carbocycles. The second-order valence-electron chi connectivity index (χ2n) is 8.09. The van der Waals surface area contributed by atoms with Crippen molar-refractivity contribution in [3.8, 4) is 0 Å². The lowest BCUT2D eigenvalue weighted by molar-refractivity contribution is -0.119. The van der Waals surface area contributed by atoms with Crippen LogP contribution in [0.5, 0.6) is 0 Å². The zero-order chi connectivity index (χ0) is 21.0. The Hall–Kier alpha value is -2.67. The molecule has 1 aliphatic carbocycles. The molecular formula is C22H30N4O3. The van der Waals surface area contributed by atoms with Crippen molar-refractivity contribution in [3.05, 3.63) is 53.9 Å². The Kier molecular flexibility index (Phi) is 6.37. The smallest absolute Gasteiger partial charge is 0.257 e. The second-order valence-corrected chi connectivity index (χ2v) is 8.09. The minimum Gasteiger partial charge on any atom is -0.391 e. The Morgan fingerprint density at radius 3 is 2.59 bits per heavy atom. The molecule has 2 aromatic rings. The Labute approximate surface area is 171 Å². The molecule has 156 valence electrons. The minimum absolute atomic E-state index is 0.0643. The number of rotatable bonds is 5. The highest BCUT2D eigenvalue weighted by molar-refractivity contribution is 5.93.